The van der Waals surface area contributed by atoms with Crippen LogP contribution in [0.3, 0.4) is 0 Å². The predicted octanol–water partition coefficient (Wildman–Crippen LogP) is 1.86. The van der Waals surface area contributed by atoms with Crippen LogP contribution in [0.5, 0.6) is 0 Å². The molecule has 0 aliphatic heterocycles. The summed E-state index contributed by atoms with van der Waals surface area (Å²) in [5, 5.41) is 0. The summed E-state index contributed by atoms with van der Waals surface area (Å²) in [7, 11) is 0. The molecular weight excluding hydrogens is 192 g/mol. The Balaban J connectivity index is 2.34. The molecule has 0 aromatic heterocycles. The Hall–Kier alpha value is -1.12. The second kappa shape index (κ2) is 3.19. The number of hydrogen-bond acceptors (Lipinski definition) is 3. The maximum absolute atomic E-state index is 12.2. The molecule has 0 radical (unpaired) electrons. The van der Waals surface area contributed by atoms with E-state index in [0.29, 0.717) is 19.4 Å². The summed E-state index contributed by atoms with van der Waals surface area (Å²) in [6.07, 6.45) is 5.81. The molecule has 0 spiro atoms. The van der Waals surface area contributed by atoms with E-state index in [1.807, 2.05) is 19.1 Å². The number of hydrogen-bond donors (Lipinski definition) is 0. The number of ketones is 1. The molecule has 0 N–H and O–H groups in total. The first-order valence-corrected chi connectivity index (χ1v) is 5.45. The molecule has 0 heterocycles. The van der Waals surface area contributed by atoms with Gasteiger partial charge in [-0.15, -0.1) is 0 Å². The van der Waals surface area contributed by atoms with Crippen LogP contribution in [-0.4, -0.2) is 18.4 Å². The van der Waals surface area contributed by atoms with E-state index in [4.69, 9.17) is 4.74 Å². The van der Waals surface area contributed by atoms with Crippen molar-refractivity contribution >= 4 is 11.8 Å². The summed E-state index contributed by atoms with van der Waals surface area (Å²) in [6.45, 7) is 4.02. The topological polar surface area (TPSA) is 43.4 Å². The molecule has 1 saturated carbocycles. The van der Waals surface area contributed by atoms with Crippen molar-refractivity contribution in [2.45, 2.75) is 33.1 Å². The Morgan fingerprint density at radius 2 is 2.27 bits per heavy atom. The molecule has 0 unspecified atom stereocenters. The third-order valence-electron chi connectivity index (χ3n) is 3.64. The fourth-order valence-corrected chi connectivity index (χ4v) is 2.67. The molecule has 0 saturated heterocycles. The standard InChI is InChI=1S/C12H16O3/c1-3-15-10(14)12-6-4-5-11(2,7-8-12)9(12)13/h4-5H,3,6-8H2,1-2H3/t11-,12-/m0/s1. The first kappa shape index (κ1) is 10.4. The van der Waals surface area contributed by atoms with Crippen LogP contribution in [0.25, 0.3) is 0 Å². The molecule has 0 aromatic rings. The average molecular weight is 208 g/mol. The van der Waals surface area contributed by atoms with Gasteiger partial charge in [0.05, 0.1) is 6.61 Å². The van der Waals surface area contributed by atoms with Gasteiger partial charge < -0.3 is 4.74 Å². The minimum Gasteiger partial charge on any atom is -0.465 e. The molecule has 0 amide bonds. The molecule has 2 rings (SSSR count). The third-order valence-corrected chi connectivity index (χ3v) is 3.64. The van der Waals surface area contributed by atoms with Gasteiger partial charge >= 0.3 is 5.97 Å². The molecule has 2 aliphatic rings. The maximum Gasteiger partial charge on any atom is 0.319 e. The van der Waals surface area contributed by atoms with Gasteiger partial charge in [-0.2, -0.15) is 0 Å². The van der Waals surface area contributed by atoms with Gasteiger partial charge in [0, 0.05) is 5.41 Å². The summed E-state index contributed by atoms with van der Waals surface area (Å²) in [5.74, 6) is -0.279. The van der Waals surface area contributed by atoms with E-state index in [0.717, 1.165) is 6.42 Å². The number of ether oxygens (including phenoxy) is 1. The molecule has 3 nitrogen and oxygen atoms in total. The van der Waals surface area contributed by atoms with Crippen molar-refractivity contribution in [1.82, 2.24) is 0 Å². The first-order chi connectivity index (χ1) is 7.05. The highest BCUT2D eigenvalue weighted by Gasteiger charge is 2.59. The second-order valence-corrected chi connectivity index (χ2v) is 4.66. The molecular formula is C12H16O3. The van der Waals surface area contributed by atoms with E-state index < -0.39 is 10.8 Å². The third kappa shape index (κ3) is 1.25. The molecule has 82 valence electrons. The van der Waals surface area contributed by atoms with Crippen LogP contribution in [0.2, 0.25) is 0 Å². The number of esters is 1. The molecule has 2 aliphatic carbocycles. The maximum atomic E-state index is 12.2. The lowest BCUT2D eigenvalue weighted by Gasteiger charge is -2.29. The molecule has 0 aromatic carbocycles. The number of carbonyl (C=O) groups is 2. The van der Waals surface area contributed by atoms with Crippen LogP contribution in [0.15, 0.2) is 12.2 Å². The van der Waals surface area contributed by atoms with Crippen LogP contribution in [0, 0.1) is 10.8 Å². The van der Waals surface area contributed by atoms with E-state index in [1.165, 1.54) is 0 Å². The Bertz CT molecular complexity index is 345. The fraction of sp³-hybridized carbons (Fsp3) is 0.667. The number of allylic oxidation sites excluding steroid dienone is 2. The van der Waals surface area contributed by atoms with Crippen molar-refractivity contribution in [3.8, 4) is 0 Å². The Kier molecular flexibility index (Phi) is 2.21. The Morgan fingerprint density at radius 1 is 1.53 bits per heavy atom. The largest absolute Gasteiger partial charge is 0.465 e. The molecule has 15 heavy (non-hydrogen) atoms. The SMILES string of the molecule is CCOC(=O)[C@@]12CC=C[C@@](C)(CC1)C2=O. The highest BCUT2D eigenvalue weighted by Crippen LogP contribution is 2.52. The molecule has 3 heteroatoms. The highest BCUT2D eigenvalue weighted by molar-refractivity contribution is 6.09. The lowest BCUT2D eigenvalue weighted by Crippen LogP contribution is -2.42. The van der Waals surface area contributed by atoms with Gasteiger partial charge in [-0.1, -0.05) is 12.2 Å². The van der Waals surface area contributed by atoms with Crippen LogP contribution in [-0.2, 0) is 14.3 Å². The Labute approximate surface area is 89.5 Å². The highest BCUT2D eigenvalue weighted by atomic mass is 16.5. The van der Waals surface area contributed by atoms with Crippen molar-refractivity contribution in [1.29, 1.82) is 0 Å². The summed E-state index contributed by atoms with van der Waals surface area (Å²) >= 11 is 0. The summed E-state index contributed by atoms with van der Waals surface area (Å²) in [5.41, 5.74) is -1.29. The zero-order valence-electron chi connectivity index (χ0n) is 9.21. The predicted molar refractivity (Wildman–Crippen MR) is 55.2 cm³/mol. The zero-order valence-corrected chi connectivity index (χ0v) is 9.21. The quantitative estimate of drug-likeness (QED) is 0.395. The number of rotatable bonds is 2. The lowest BCUT2D eigenvalue weighted by molar-refractivity contribution is -0.160. The van der Waals surface area contributed by atoms with E-state index in [2.05, 4.69) is 0 Å². The van der Waals surface area contributed by atoms with Gasteiger partial charge in [0.2, 0.25) is 0 Å². The van der Waals surface area contributed by atoms with Crippen molar-refractivity contribution in [2.75, 3.05) is 6.61 Å². The van der Waals surface area contributed by atoms with Crippen LogP contribution in [0.4, 0.5) is 0 Å². The van der Waals surface area contributed by atoms with Gasteiger partial charge in [0.25, 0.3) is 0 Å². The van der Waals surface area contributed by atoms with Gasteiger partial charge in [0.15, 0.2) is 5.78 Å². The monoisotopic (exact) mass is 208 g/mol. The summed E-state index contributed by atoms with van der Waals surface area (Å²) in [6, 6.07) is 0. The van der Waals surface area contributed by atoms with Gasteiger partial charge in [-0.3, -0.25) is 9.59 Å². The van der Waals surface area contributed by atoms with Crippen LogP contribution >= 0.6 is 0 Å². The normalized spacial score (nSPS) is 38.1. The van der Waals surface area contributed by atoms with Crippen molar-refractivity contribution in [2.24, 2.45) is 10.8 Å². The second-order valence-electron chi connectivity index (χ2n) is 4.66. The van der Waals surface area contributed by atoms with E-state index in [-0.39, 0.29) is 11.8 Å². The first-order valence-electron chi connectivity index (χ1n) is 5.45. The average Bonchev–Trinajstić information content (AvgIpc) is 2.38. The van der Waals surface area contributed by atoms with Gasteiger partial charge in [0.1, 0.15) is 5.41 Å². The number of carbonyl (C=O) groups excluding carboxylic acids is 2. The number of Topliss-reactive ketones (excluding diaryl/α,β-unsaturated/α-hetero) is 1. The smallest absolute Gasteiger partial charge is 0.319 e. The molecule has 1 fully saturated rings. The molecule has 2 atom stereocenters. The number of fused-ring (bicyclic) bond motifs is 2. The van der Waals surface area contributed by atoms with Crippen LogP contribution in [0.1, 0.15) is 33.1 Å². The van der Waals surface area contributed by atoms with Gasteiger partial charge in [-0.25, -0.2) is 0 Å². The minimum absolute atomic E-state index is 0.0518. The summed E-state index contributed by atoms with van der Waals surface area (Å²) in [4.78, 5) is 24.0. The zero-order chi connectivity index (χ0) is 11.1. The fourth-order valence-electron chi connectivity index (χ4n) is 2.67. The van der Waals surface area contributed by atoms with Crippen molar-refractivity contribution in [3.05, 3.63) is 12.2 Å². The van der Waals surface area contributed by atoms with Crippen molar-refractivity contribution in [3.63, 3.8) is 0 Å². The van der Waals surface area contributed by atoms with Crippen molar-refractivity contribution < 1.29 is 14.3 Å². The van der Waals surface area contributed by atoms with Gasteiger partial charge in [-0.05, 0) is 33.1 Å². The minimum atomic E-state index is -0.862. The van der Waals surface area contributed by atoms with E-state index in [1.54, 1.807) is 6.92 Å². The van der Waals surface area contributed by atoms with Crippen LogP contribution < -0.4 is 0 Å². The Morgan fingerprint density at radius 3 is 2.93 bits per heavy atom. The van der Waals surface area contributed by atoms with E-state index >= 15 is 0 Å². The van der Waals surface area contributed by atoms with E-state index in [9.17, 15) is 9.59 Å². The lowest BCUT2D eigenvalue weighted by atomic mass is 9.73. The molecule has 2 bridgehead atoms. The summed E-state index contributed by atoms with van der Waals surface area (Å²) < 4.78 is 5.02.